The third-order valence-corrected chi connectivity index (χ3v) is 2.66. The van der Waals surface area contributed by atoms with E-state index >= 15 is 0 Å². The van der Waals surface area contributed by atoms with E-state index in [4.69, 9.17) is 5.26 Å². The van der Waals surface area contributed by atoms with Gasteiger partial charge in [-0.1, -0.05) is 38.1 Å². The molecule has 2 aromatic carbocycles. The number of nitrogens with zero attached hydrogens (tertiary/aromatic N) is 1. The van der Waals surface area contributed by atoms with Gasteiger partial charge in [0.2, 0.25) is 0 Å². The Bertz CT molecular complexity index is 533. The summed E-state index contributed by atoms with van der Waals surface area (Å²) in [5.74, 6) is 0.528. The van der Waals surface area contributed by atoms with Gasteiger partial charge in [0.15, 0.2) is 0 Å². The van der Waals surface area contributed by atoms with Crippen molar-refractivity contribution in [3.63, 3.8) is 0 Å². The first kappa shape index (κ1) is 9.73. The number of benzene rings is 2. The van der Waals surface area contributed by atoms with Crippen LogP contribution in [-0.4, -0.2) is 0 Å². The predicted molar refractivity (Wildman–Crippen MR) is 62.8 cm³/mol. The Labute approximate surface area is 90.0 Å². The van der Waals surface area contributed by atoms with Crippen LogP contribution >= 0.6 is 0 Å². The van der Waals surface area contributed by atoms with Crippen LogP contribution in [0.3, 0.4) is 0 Å². The zero-order chi connectivity index (χ0) is 10.8. The zero-order valence-electron chi connectivity index (χ0n) is 8.99. The smallest absolute Gasteiger partial charge is 0.0991 e. The summed E-state index contributed by atoms with van der Waals surface area (Å²) < 4.78 is 0. The highest BCUT2D eigenvalue weighted by Crippen LogP contribution is 2.22. The van der Waals surface area contributed by atoms with Crippen molar-refractivity contribution >= 4 is 10.8 Å². The SMILES string of the molecule is CC(C)c1ccc2ccc(C#N)cc2c1. The quantitative estimate of drug-likeness (QED) is 0.678. The maximum Gasteiger partial charge on any atom is 0.0991 e. The molecule has 1 heteroatoms. The van der Waals surface area contributed by atoms with Crippen molar-refractivity contribution in [3.05, 3.63) is 47.5 Å². The topological polar surface area (TPSA) is 23.8 Å². The molecule has 0 saturated carbocycles. The third kappa shape index (κ3) is 1.85. The highest BCUT2D eigenvalue weighted by atomic mass is 14.2. The molecule has 0 radical (unpaired) electrons. The van der Waals surface area contributed by atoms with E-state index in [9.17, 15) is 0 Å². The van der Waals surface area contributed by atoms with Gasteiger partial charge in [0.05, 0.1) is 11.6 Å². The number of hydrogen-bond acceptors (Lipinski definition) is 1. The van der Waals surface area contributed by atoms with Crippen LogP contribution < -0.4 is 0 Å². The van der Waals surface area contributed by atoms with Gasteiger partial charge < -0.3 is 0 Å². The second-order valence-corrected chi connectivity index (χ2v) is 4.09. The van der Waals surface area contributed by atoms with Gasteiger partial charge in [0.25, 0.3) is 0 Å². The van der Waals surface area contributed by atoms with Crippen LogP contribution in [0.5, 0.6) is 0 Å². The minimum Gasteiger partial charge on any atom is -0.192 e. The minimum atomic E-state index is 0.528. The Balaban J connectivity index is 2.64. The molecule has 0 saturated heterocycles. The summed E-state index contributed by atoms with van der Waals surface area (Å²) in [7, 11) is 0. The molecule has 0 aliphatic carbocycles. The molecule has 1 nitrogen and oxygen atoms in total. The summed E-state index contributed by atoms with van der Waals surface area (Å²) in [5, 5.41) is 11.2. The Morgan fingerprint density at radius 2 is 1.73 bits per heavy atom. The molecule has 0 aromatic heterocycles. The summed E-state index contributed by atoms with van der Waals surface area (Å²) >= 11 is 0. The summed E-state index contributed by atoms with van der Waals surface area (Å²) in [6.45, 7) is 4.35. The first-order chi connectivity index (χ1) is 7.20. The molecule has 0 spiro atoms. The lowest BCUT2D eigenvalue weighted by Gasteiger charge is -2.06. The minimum absolute atomic E-state index is 0.528. The molecule has 0 fully saturated rings. The molecule has 0 atom stereocenters. The molecule has 0 bridgehead atoms. The van der Waals surface area contributed by atoms with E-state index in [-0.39, 0.29) is 0 Å². The van der Waals surface area contributed by atoms with Gasteiger partial charge in [0, 0.05) is 0 Å². The second-order valence-electron chi connectivity index (χ2n) is 4.09. The average Bonchev–Trinajstić information content (AvgIpc) is 2.27. The van der Waals surface area contributed by atoms with Crippen molar-refractivity contribution in [1.29, 1.82) is 5.26 Å². The van der Waals surface area contributed by atoms with Crippen LogP contribution in [0, 0.1) is 11.3 Å². The lowest BCUT2D eigenvalue weighted by atomic mass is 9.98. The Kier molecular flexibility index (Phi) is 2.43. The molecule has 74 valence electrons. The van der Waals surface area contributed by atoms with Crippen molar-refractivity contribution in [3.8, 4) is 6.07 Å². The van der Waals surface area contributed by atoms with Crippen LogP contribution in [0.4, 0.5) is 0 Å². The summed E-state index contributed by atoms with van der Waals surface area (Å²) in [6.07, 6.45) is 0. The van der Waals surface area contributed by atoms with Crippen LogP contribution in [-0.2, 0) is 0 Å². The van der Waals surface area contributed by atoms with Gasteiger partial charge in [-0.3, -0.25) is 0 Å². The van der Waals surface area contributed by atoms with E-state index in [1.165, 1.54) is 10.9 Å². The fourth-order valence-electron chi connectivity index (χ4n) is 1.69. The second kappa shape index (κ2) is 3.74. The van der Waals surface area contributed by atoms with Gasteiger partial charge in [-0.25, -0.2) is 0 Å². The Hall–Kier alpha value is -1.81. The standard InChI is InChI=1S/C14H13N/c1-10(2)13-6-5-12-4-3-11(9-15)7-14(12)8-13/h3-8,10H,1-2H3. The fraction of sp³-hybridized carbons (Fsp3) is 0.214. The molecule has 15 heavy (non-hydrogen) atoms. The molecule has 2 aromatic rings. The lowest BCUT2D eigenvalue weighted by molar-refractivity contribution is 0.869. The number of hydrogen-bond donors (Lipinski definition) is 0. The fourth-order valence-corrected chi connectivity index (χ4v) is 1.69. The molecule has 0 aliphatic heterocycles. The molecule has 0 amide bonds. The average molecular weight is 195 g/mol. The maximum absolute atomic E-state index is 8.83. The van der Waals surface area contributed by atoms with E-state index < -0.39 is 0 Å². The van der Waals surface area contributed by atoms with Crippen molar-refractivity contribution in [2.45, 2.75) is 19.8 Å². The van der Waals surface area contributed by atoms with E-state index in [2.05, 4.69) is 38.1 Å². The van der Waals surface area contributed by atoms with Crippen molar-refractivity contribution in [1.82, 2.24) is 0 Å². The first-order valence-corrected chi connectivity index (χ1v) is 5.14. The predicted octanol–water partition coefficient (Wildman–Crippen LogP) is 3.83. The maximum atomic E-state index is 8.83. The zero-order valence-corrected chi connectivity index (χ0v) is 8.99. The largest absolute Gasteiger partial charge is 0.192 e. The summed E-state index contributed by atoms with van der Waals surface area (Å²) in [6, 6.07) is 14.4. The van der Waals surface area contributed by atoms with E-state index in [1.807, 2.05) is 18.2 Å². The van der Waals surface area contributed by atoms with E-state index in [0.717, 1.165) is 10.9 Å². The van der Waals surface area contributed by atoms with E-state index in [1.54, 1.807) is 0 Å². The molecule has 0 heterocycles. The van der Waals surface area contributed by atoms with Crippen molar-refractivity contribution in [2.75, 3.05) is 0 Å². The molecule has 0 aliphatic rings. The van der Waals surface area contributed by atoms with Crippen LogP contribution in [0.25, 0.3) is 10.8 Å². The molecular formula is C14H13N. The molecule has 0 N–H and O–H groups in total. The Morgan fingerprint density at radius 1 is 1.00 bits per heavy atom. The molecular weight excluding hydrogens is 182 g/mol. The summed E-state index contributed by atoms with van der Waals surface area (Å²) in [5.41, 5.74) is 2.04. The highest BCUT2D eigenvalue weighted by Gasteiger charge is 2.01. The van der Waals surface area contributed by atoms with Gasteiger partial charge in [-0.05, 0) is 34.4 Å². The Morgan fingerprint density at radius 3 is 2.40 bits per heavy atom. The monoisotopic (exact) mass is 195 g/mol. The molecule has 2 rings (SSSR count). The first-order valence-electron chi connectivity index (χ1n) is 5.14. The van der Waals surface area contributed by atoms with Crippen LogP contribution in [0.2, 0.25) is 0 Å². The lowest BCUT2D eigenvalue weighted by Crippen LogP contribution is -1.87. The summed E-state index contributed by atoms with van der Waals surface area (Å²) in [4.78, 5) is 0. The van der Waals surface area contributed by atoms with Gasteiger partial charge in [0.1, 0.15) is 0 Å². The van der Waals surface area contributed by atoms with Gasteiger partial charge in [-0.2, -0.15) is 5.26 Å². The number of rotatable bonds is 1. The van der Waals surface area contributed by atoms with Gasteiger partial charge in [-0.15, -0.1) is 0 Å². The van der Waals surface area contributed by atoms with Crippen LogP contribution in [0.15, 0.2) is 36.4 Å². The number of nitriles is 1. The van der Waals surface area contributed by atoms with Crippen molar-refractivity contribution in [2.24, 2.45) is 0 Å². The normalized spacial score (nSPS) is 10.5. The third-order valence-electron chi connectivity index (χ3n) is 2.66. The molecule has 0 unspecified atom stereocenters. The van der Waals surface area contributed by atoms with Crippen molar-refractivity contribution < 1.29 is 0 Å². The van der Waals surface area contributed by atoms with Crippen LogP contribution in [0.1, 0.15) is 30.9 Å². The van der Waals surface area contributed by atoms with Gasteiger partial charge >= 0.3 is 0 Å². The highest BCUT2D eigenvalue weighted by molar-refractivity contribution is 5.84. The van der Waals surface area contributed by atoms with E-state index in [0.29, 0.717) is 5.92 Å². The number of fused-ring (bicyclic) bond motifs is 1.